The molecule has 2 aromatic rings. The summed E-state index contributed by atoms with van der Waals surface area (Å²) in [5, 5.41) is 2.76. The number of hydrogen-bond acceptors (Lipinski definition) is 5. The van der Waals surface area contributed by atoms with Crippen LogP contribution in [0.2, 0.25) is 0 Å². The molecule has 0 aliphatic carbocycles. The summed E-state index contributed by atoms with van der Waals surface area (Å²) in [5.41, 5.74) is 1.44. The van der Waals surface area contributed by atoms with Gasteiger partial charge in [-0.15, -0.1) is 0 Å². The van der Waals surface area contributed by atoms with Crippen molar-refractivity contribution in [3.8, 4) is 11.5 Å². The molecule has 6 heteroatoms. The SMILES string of the molecule is CCOC(=O)c1ccc(NC(=O)c2ccc(OC)c(OC)c2)cc1. The Morgan fingerprint density at radius 1 is 0.917 bits per heavy atom. The van der Waals surface area contributed by atoms with Crippen molar-refractivity contribution < 1.29 is 23.8 Å². The Morgan fingerprint density at radius 2 is 1.54 bits per heavy atom. The number of carbonyl (C=O) groups is 2. The average molecular weight is 329 g/mol. The molecule has 0 aliphatic rings. The van der Waals surface area contributed by atoms with Crippen LogP contribution in [0.4, 0.5) is 5.69 Å². The highest BCUT2D eigenvalue weighted by molar-refractivity contribution is 6.04. The lowest BCUT2D eigenvalue weighted by Gasteiger charge is -2.10. The fraction of sp³-hybridized carbons (Fsp3) is 0.222. The third kappa shape index (κ3) is 4.04. The molecule has 0 atom stereocenters. The van der Waals surface area contributed by atoms with Gasteiger partial charge in [-0.1, -0.05) is 0 Å². The minimum absolute atomic E-state index is 0.292. The van der Waals surface area contributed by atoms with Crippen LogP contribution in [0.25, 0.3) is 0 Å². The van der Waals surface area contributed by atoms with Gasteiger partial charge in [0.15, 0.2) is 11.5 Å². The van der Waals surface area contributed by atoms with E-state index in [-0.39, 0.29) is 5.91 Å². The van der Waals surface area contributed by atoms with Crippen molar-refractivity contribution in [2.45, 2.75) is 6.92 Å². The van der Waals surface area contributed by atoms with Gasteiger partial charge < -0.3 is 19.5 Å². The van der Waals surface area contributed by atoms with Crippen molar-refractivity contribution in [3.05, 3.63) is 53.6 Å². The molecule has 0 heterocycles. The smallest absolute Gasteiger partial charge is 0.338 e. The van der Waals surface area contributed by atoms with Gasteiger partial charge in [0.1, 0.15) is 0 Å². The van der Waals surface area contributed by atoms with Gasteiger partial charge in [0.25, 0.3) is 5.91 Å². The van der Waals surface area contributed by atoms with Gasteiger partial charge in [0, 0.05) is 11.3 Å². The van der Waals surface area contributed by atoms with Crippen LogP contribution in [-0.4, -0.2) is 32.7 Å². The van der Waals surface area contributed by atoms with E-state index in [0.29, 0.717) is 34.9 Å². The number of anilines is 1. The van der Waals surface area contributed by atoms with Gasteiger partial charge in [0.2, 0.25) is 0 Å². The molecular weight excluding hydrogens is 310 g/mol. The van der Waals surface area contributed by atoms with Gasteiger partial charge in [0.05, 0.1) is 26.4 Å². The molecule has 0 spiro atoms. The molecule has 0 saturated carbocycles. The van der Waals surface area contributed by atoms with Crippen molar-refractivity contribution in [3.63, 3.8) is 0 Å². The highest BCUT2D eigenvalue weighted by Gasteiger charge is 2.12. The topological polar surface area (TPSA) is 73.9 Å². The molecule has 126 valence electrons. The third-order valence-electron chi connectivity index (χ3n) is 3.30. The van der Waals surface area contributed by atoms with Crippen molar-refractivity contribution in [2.24, 2.45) is 0 Å². The second-order valence-electron chi connectivity index (χ2n) is 4.82. The molecule has 0 radical (unpaired) electrons. The molecule has 24 heavy (non-hydrogen) atoms. The third-order valence-corrected chi connectivity index (χ3v) is 3.30. The highest BCUT2D eigenvalue weighted by atomic mass is 16.5. The van der Waals surface area contributed by atoms with E-state index in [4.69, 9.17) is 14.2 Å². The van der Waals surface area contributed by atoms with E-state index in [1.165, 1.54) is 14.2 Å². The second kappa shape index (κ2) is 8.01. The van der Waals surface area contributed by atoms with Crippen LogP contribution in [0.1, 0.15) is 27.6 Å². The lowest BCUT2D eigenvalue weighted by atomic mass is 10.1. The summed E-state index contributed by atoms with van der Waals surface area (Å²) < 4.78 is 15.2. The number of esters is 1. The number of carbonyl (C=O) groups excluding carboxylic acids is 2. The lowest BCUT2D eigenvalue weighted by Crippen LogP contribution is -2.12. The maximum Gasteiger partial charge on any atom is 0.338 e. The summed E-state index contributed by atoms with van der Waals surface area (Å²) in [6.45, 7) is 2.06. The summed E-state index contributed by atoms with van der Waals surface area (Å²) in [6.07, 6.45) is 0. The number of hydrogen-bond donors (Lipinski definition) is 1. The first-order valence-corrected chi connectivity index (χ1v) is 7.39. The normalized spacial score (nSPS) is 9.96. The van der Waals surface area contributed by atoms with Crippen LogP contribution in [0.15, 0.2) is 42.5 Å². The van der Waals surface area contributed by atoms with Crippen LogP contribution in [0, 0.1) is 0 Å². The van der Waals surface area contributed by atoms with E-state index >= 15 is 0 Å². The number of methoxy groups -OCH3 is 2. The van der Waals surface area contributed by atoms with Crippen LogP contribution < -0.4 is 14.8 Å². The monoisotopic (exact) mass is 329 g/mol. The molecule has 0 saturated heterocycles. The van der Waals surface area contributed by atoms with E-state index in [2.05, 4.69) is 5.32 Å². The van der Waals surface area contributed by atoms with Gasteiger partial charge >= 0.3 is 5.97 Å². The summed E-state index contributed by atoms with van der Waals surface area (Å²) in [5.74, 6) is 0.339. The van der Waals surface area contributed by atoms with Crippen molar-refractivity contribution in [1.29, 1.82) is 0 Å². The predicted molar refractivity (Wildman–Crippen MR) is 89.9 cm³/mol. The van der Waals surface area contributed by atoms with Crippen molar-refractivity contribution >= 4 is 17.6 Å². The Hall–Kier alpha value is -3.02. The maximum atomic E-state index is 12.3. The van der Waals surface area contributed by atoms with Crippen LogP contribution >= 0.6 is 0 Å². The Bertz CT molecular complexity index is 725. The molecule has 2 aromatic carbocycles. The Morgan fingerprint density at radius 3 is 2.12 bits per heavy atom. The largest absolute Gasteiger partial charge is 0.493 e. The van der Waals surface area contributed by atoms with Crippen molar-refractivity contribution in [2.75, 3.05) is 26.1 Å². The zero-order chi connectivity index (χ0) is 17.5. The molecule has 0 unspecified atom stereocenters. The molecule has 2 rings (SSSR count). The molecule has 1 amide bonds. The zero-order valence-electron chi connectivity index (χ0n) is 13.8. The van der Waals surface area contributed by atoms with E-state index in [1.807, 2.05) is 0 Å². The van der Waals surface area contributed by atoms with Crippen LogP contribution in [0.5, 0.6) is 11.5 Å². The first-order valence-electron chi connectivity index (χ1n) is 7.39. The summed E-state index contributed by atoms with van der Waals surface area (Å²) in [7, 11) is 3.04. The average Bonchev–Trinajstić information content (AvgIpc) is 2.61. The predicted octanol–water partition coefficient (Wildman–Crippen LogP) is 3.13. The maximum absolute atomic E-state index is 12.3. The van der Waals surface area contributed by atoms with Crippen LogP contribution in [-0.2, 0) is 4.74 Å². The minimum atomic E-state index is -0.393. The van der Waals surface area contributed by atoms with Crippen LogP contribution in [0.3, 0.4) is 0 Å². The Labute approximate surface area is 140 Å². The molecule has 0 bridgehead atoms. The van der Waals surface area contributed by atoms with E-state index < -0.39 is 5.97 Å². The number of nitrogens with one attached hydrogen (secondary N) is 1. The van der Waals surface area contributed by atoms with E-state index in [0.717, 1.165) is 0 Å². The van der Waals surface area contributed by atoms with E-state index in [9.17, 15) is 9.59 Å². The van der Waals surface area contributed by atoms with Gasteiger partial charge in [-0.25, -0.2) is 4.79 Å². The molecule has 0 fully saturated rings. The molecule has 0 aliphatic heterocycles. The zero-order valence-corrected chi connectivity index (χ0v) is 13.8. The van der Waals surface area contributed by atoms with Gasteiger partial charge in [-0.2, -0.15) is 0 Å². The first-order chi connectivity index (χ1) is 11.6. The number of benzene rings is 2. The Balaban J connectivity index is 2.10. The number of ether oxygens (including phenoxy) is 3. The highest BCUT2D eigenvalue weighted by Crippen LogP contribution is 2.27. The standard InChI is InChI=1S/C18H19NO5/c1-4-24-18(21)12-5-8-14(9-6-12)19-17(20)13-7-10-15(22-2)16(11-13)23-3/h5-11H,4H2,1-3H3,(H,19,20). The summed E-state index contributed by atoms with van der Waals surface area (Å²) in [4.78, 5) is 23.9. The van der Waals surface area contributed by atoms with Gasteiger partial charge in [-0.3, -0.25) is 4.79 Å². The first kappa shape index (κ1) is 17.3. The fourth-order valence-corrected chi connectivity index (χ4v) is 2.08. The molecular formula is C18H19NO5. The minimum Gasteiger partial charge on any atom is -0.493 e. The number of amides is 1. The second-order valence-corrected chi connectivity index (χ2v) is 4.82. The fourth-order valence-electron chi connectivity index (χ4n) is 2.08. The summed E-state index contributed by atoms with van der Waals surface area (Å²) >= 11 is 0. The Kier molecular flexibility index (Phi) is 5.78. The lowest BCUT2D eigenvalue weighted by molar-refractivity contribution is 0.0526. The molecule has 6 nitrogen and oxygen atoms in total. The number of rotatable bonds is 6. The molecule has 0 aromatic heterocycles. The molecule has 1 N–H and O–H groups in total. The van der Waals surface area contributed by atoms with E-state index in [1.54, 1.807) is 49.4 Å². The van der Waals surface area contributed by atoms with Gasteiger partial charge in [-0.05, 0) is 49.4 Å². The summed E-state index contributed by atoms with van der Waals surface area (Å²) in [6, 6.07) is 11.4. The quantitative estimate of drug-likeness (QED) is 0.824. The van der Waals surface area contributed by atoms with Crippen molar-refractivity contribution in [1.82, 2.24) is 0 Å².